The molecule has 0 bridgehead atoms. The quantitative estimate of drug-likeness (QED) is 0.719. The molecule has 1 aliphatic carbocycles. The van der Waals surface area contributed by atoms with Crippen LogP contribution in [-0.2, 0) is 25.3 Å². The molecule has 30 heavy (non-hydrogen) atoms. The van der Waals surface area contributed by atoms with E-state index < -0.39 is 5.82 Å². The zero-order valence-corrected chi connectivity index (χ0v) is 17.6. The Balaban J connectivity index is 1.87. The van der Waals surface area contributed by atoms with E-state index >= 15 is 4.39 Å². The smallest absolute Gasteiger partial charge is 0.275 e. The van der Waals surface area contributed by atoms with Crippen molar-refractivity contribution in [2.24, 2.45) is 7.05 Å². The third kappa shape index (κ3) is 3.44. The van der Waals surface area contributed by atoms with E-state index in [0.717, 1.165) is 22.2 Å². The van der Waals surface area contributed by atoms with E-state index in [4.69, 9.17) is 0 Å². The van der Waals surface area contributed by atoms with Crippen LogP contribution in [-0.4, -0.2) is 14.3 Å². The number of aryl methyl sites for hydroxylation is 1. The second-order valence-corrected chi connectivity index (χ2v) is 8.76. The standard InChI is InChI=1S/C23H25FN4O2/c1-23(2,3)14-10-11-19(17(24)13-14)28-21(29)16-8-5-7-15(16)20(26-28)25-18-9-6-12-27(4)22(18)30/h6,9-13H,5,7-8H2,1-4H3,(H,25,26). The summed E-state index contributed by atoms with van der Waals surface area (Å²) in [5.74, 6) is -0.0822. The van der Waals surface area contributed by atoms with Crippen LogP contribution in [0.1, 0.15) is 43.9 Å². The summed E-state index contributed by atoms with van der Waals surface area (Å²) in [6, 6.07) is 8.29. The fraction of sp³-hybridized carbons (Fsp3) is 0.348. The summed E-state index contributed by atoms with van der Waals surface area (Å²) >= 11 is 0. The van der Waals surface area contributed by atoms with E-state index in [-0.39, 0.29) is 22.2 Å². The topological polar surface area (TPSA) is 68.9 Å². The largest absolute Gasteiger partial charge is 0.334 e. The van der Waals surface area contributed by atoms with Crippen molar-refractivity contribution >= 4 is 11.5 Å². The number of hydrogen-bond donors (Lipinski definition) is 1. The fourth-order valence-corrected chi connectivity index (χ4v) is 3.80. The first kappa shape index (κ1) is 20.1. The van der Waals surface area contributed by atoms with Crippen molar-refractivity contribution in [1.29, 1.82) is 0 Å². The Labute approximate surface area is 174 Å². The Morgan fingerprint density at radius 1 is 1.07 bits per heavy atom. The van der Waals surface area contributed by atoms with Gasteiger partial charge in [-0.15, -0.1) is 5.10 Å². The van der Waals surface area contributed by atoms with Crippen molar-refractivity contribution in [2.45, 2.75) is 45.4 Å². The van der Waals surface area contributed by atoms with Gasteiger partial charge in [0.25, 0.3) is 11.1 Å². The van der Waals surface area contributed by atoms with Gasteiger partial charge in [0.2, 0.25) is 0 Å². The van der Waals surface area contributed by atoms with E-state index in [1.165, 1.54) is 10.6 Å². The number of fused-ring (bicyclic) bond motifs is 1. The van der Waals surface area contributed by atoms with Gasteiger partial charge < -0.3 is 9.88 Å². The van der Waals surface area contributed by atoms with Crippen LogP contribution < -0.4 is 16.4 Å². The molecule has 3 aromatic rings. The van der Waals surface area contributed by atoms with Crippen LogP contribution in [0.2, 0.25) is 0 Å². The molecule has 2 heterocycles. The van der Waals surface area contributed by atoms with Gasteiger partial charge in [-0.05, 0) is 54.5 Å². The normalized spacial score (nSPS) is 13.4. The molecule has 1 N–H and O–H groups in total. The molecule has 1 aliphatic rings. The second-order valence-electron chi connectivity index (χ2n) is 8.76. The van der Waals surface area contributed by atoms with Gasteiger partial charge in [0, 0.05) is 24.4 Å². The van der Waals surface area contributed by atoms with Gasteiger partial charge in [0.05, 0.1) is 0 Å². The molecular weight excluding hydrogens is 383 g/mol. The van der Waals surface area contributed by atoms with Crippen LogP contribution in [0.3, 0.4) is 0 Å². The monoisotopic (exact) mass is 408 g/mol. The molecule has 6 nitrogen and oxygen atoms in total. The zero-order valence-electron chi connectivity index (χ0n) is 17.6. The molecule has 0 saturated heterocycles. The van der Waals surface area contributed by atoms with Gasteiger partial charge in [-0.3, -0.25) is 9.59 Å². The average molecular weight is 408 g/mol. The Morgan fingerprint density at radius 2 is 1.80 bits per heavy atom. The summed E-state index contributed by atoms with van der Waals surface area (Å²) in [4.78, 5) is 25.5. The summed E-state index contributed by atoms with van der Waals surface area (Å²) in [7, 11) is 1.67. The first-order valence-corrected chi connectivity index (χ1v) is 10.0. The first-order chi connectivity index (χ1) is 14.2. The summed E-state index contributed by atoms with van der Waals surface area (Å²) in [5.41, 5.74) is 2.00. The molecule has 0 radical (unpaired) electrons. The SMILES string of the molecule is Cn1cccc(Nc2nn(-c3ccc(C(C)(C)C)cc3F)c(=O)c3c2CCC3)c1=O. The highest BCUT2D eigenvalue weighted by atomic mass is 19.1. The maximum atomic E-state index is 15.0. The van der Waals surface area contributed by atoms with Crippen molar-refractivity contribution < 1.29 is 4.39 Å². The van der Waals surface area contributed by atoms with Gasteiger partial charge >= 0.3 is 0 Å². The highest BCUT2D eigenvalue weighted by Crippen LogP contribution is 2.28. The summed E-state index contributed by atoms with van der Waals surface area (Å²) in [6.07, 6.45) is 3.79. The second kappa shape index (κ2) is 7.23. The van der Waals surface area contributed by atoms with Crippen molar-refractivity contribution in [3.05, 3.63) is 79.7 Å². The van der Waals surface area contributed by atoms with Crippen LogP contribution in [0.4, 0.5) is 15.9 Å². The first-order valence-electron chi connectivity index (χ1n) is 10.0. The molecule has 1 aromatic carbocycles. The van der Waals surface area contributed by atoms with Gasteiger partial charge in [-0.2, -0.15) is 4.68 Å². The van der Waals surface area contributed by atoms with Crippen LogP contribution in [0, 0.1) is 5.82 Å². The van der Waals surface area contributed by atoms with Crippen molar-refractivity contribution in [3.63, 3.8) is 0 Å². The number of pyridine rings is 1. The van der Waals surface area contributed by atoms with Crippen molar-refractivity contribution in [3.8, 4) is 5.69 Å². The molecule has 0 aliphatic heterocycles. The lowest BCUT2D eigenvalue weighted by molar-refractivity contribution is 0.565. The fourth-order valence-electron chi connectivity index (χ4n) is 3.80. The third-order valence-corrected chi connectivity index (χ3v) is 5.57. The Hall–Kier alpha value is -3.22. The summed E-state index contributed by atoms with van der Waals surface area (Å²) in [5, 5.41) is 7.52. The molecule has 0 unspecified atom stereocenters. The van der Waals surface area contributed by atoms with Crippen LogP contribution in [0.15, 0.2) is 46.1 Å². The average Bonchev–Trinajstić information content (AvgIpc) is 3.18. The van der Waals surface area contributed by atoms with Crippen LogP contribution in [0.5, 0.6) is 0 Å². The van der Waals surface area contributed by atoms with Crippen molar-refractivity contribution in [1.82, 2.24) is 14.3 Å². The van der Waals surface area contributed by atoms with E-state index in [9.17, 15) is 9.59 Å². The number of benzene rings is 1. The Kier molecular flexibility index (Phi) is 4.84. The van der Waals surface area contributed by atoms with E-state index in [1.807, 2.05) is 26.8 Å². The third-order valence-electron chi connectivity index (χ3n) is 5.57. The number of halogens is 1. The minimum atomic E-state index is -0.503. The zero-order chi connectivity index (χ0) is 21.6. The number of rotatable bonds is 3. The number of nitrogens with one attached hydrogen (secondary N) is 1. The molecule has 2 aromatic heterocycles. The van der Waals surface area contributed by atoms with Gasteiger partial charge in [-0.1, -0.05) is 26.8 Å². The molecule has 7 heteroatoms. The minimum absolute atomic E-state index is 0.103. The van der Waals surface area contributed by atoms with Crippen LogP contribution >= 0.6 is 0 Å². The maximum Gasteiger partial charge on any atom is 0.275 e. The maximum absolute atomic E-state index is 15.0. The predicted octanol–water partition coefficient (Wildman–Crippen LogP) is 3.60. The lowest BCUT2D eigenvalue weighted by Crippen LogP contribution is -2.28. The lowest BCUT2D eigenvalue weighted by Gasteiger charge is -2.20. The molecule has 0 fully saturated rings. The summed E-state index contributed by atoms with van der Waals surface area (Å²) < 4.78 is 17.6. The van der Waals surface area contributed by atoms with Gasteiger partial charge in [0.1, 0.15) is 17.2 Å². The molecule has 4 rings (SSSR count). The molecule has 156 valence electrons. The van der Waals surface area contributed by atoms with Gasteiger partial charge in [-0.25, -0.2) is 4.39 Å². The lowest BCUT2D eigenvalue weighted by atomic mass is 9.87. The number of hydrogen-bond acceptors (Lipinski definition) is 4. The highest BCUT2D eigenvalue weighted by molar-refractivity contribution is 5.61. The highest BCUT2D eigenvalue weighted by Gasteiger charge is 2.24. The molecule has 0 spiro atoms. The van der Waals surface area contributed by atoms with Crippen molar-refractivity contribution in [2.75, 3.05) is 5.32 Å². The molecule has 0 saturated carbocycles. The molecule has 0 amide bonds. The molecule has 0 atom stereocenters. The van der Waals surface area contributed by atoms with Crippen LogP contribution in [0.25, 0.3) is 5.69 Å². The van der Waals surface area contributed by atoms with E-state index in [1.54, 1.807) is 31.4 Å². The summed E-state index contributed by atoms with van der Waals surface area (Å²) in [6.45, 7) is 6.01. The minimum Gasteiger partial charge on any atom is -0.334 e. The number of anilines is 2. The van der Waals surface area contributed by atoms with E-state index in [0.29, 0.717) is 29.9 Å². The van der Waals surface area contributed by atoms with E-state index in [2.05, 4.69) is 10.4 Å². The Morgan fingerprint density at radius 3 is 2.50 bits per heavy atom. The van der Waals surface area contributed by atoms with Gasteiger partial charge in [0.15, 0.2) is 5.82 Å². The Bertz CT molecular complexity index is 1250. The molecular formula is C23H25FN4O2. The number of aromatic nitrogens is 3. The predicted molar refractivity (Wildman–Crippen MR) is 115 cm³/mol. The number of nitrogens with zero attached hydrogens (tertiary/aromatic N) is 3.